The summed E-state index contributed by atoms with van der Waals surface area (Å²) in [7, 11) is 0. The van der Waals surface area contributed by atoms with Crippen LogP contribution in [-0.4, -0.2) is 0 Å². The standard InChI is InChI=1S/C7H14S/c1-3-4-7(2)5-6-8/h5-8H,3-4H2,1-2H3/b6-5+. The van der Waals surface area contributed by atoms with Crippen molar-refractivity contribution in [2.45, 2.75) is 26.7 Å². The zero-order valence-electron chi connectivity index (χ0n) is 5.59. The van der Waals surface area contributed by atoms with Gasteiger partial charge in [-0.05, 0) is 17.7 Å². The molecule has 0 aromatic rings. The van der Waals surface area contributed by atoms with Gasteiger partial charge in [-0.25, -0.2) is 0 Å². The summed E-state index contributed by atoms with van der Waals surface area (Å²) in [6.45, 7) is 4.40. The van der Waals surface area contributed by atoms with Crippen LogP contribution in [0.2, 0.25) is 0 Å². The lowest BCUT2D eigenvalue weighted by molar-refractivity contribution is 0.635. The first kappa shape index (κ1) is 8.09. The minimum absolute atomic E-state index is 0.706. The summed E-state index contributed by atoms with van der Waals surface area (Å²) in [6, 6.07) is 0. The monoisotopic (exact) mass is 130 g/mol. The van der Waals surface area contributed by atoms with E-state index in [4.69, 9.17) is 0 Å². The molecule has 0 aromatic carbocycles. The Morgan fingerprint density at radius 3 is 2.62 bits per heavy atom. The molecule has 0 N–H and O–H groups in total. The van der Waals surface area contributed by atoms with Gasteiger partial charge in [0.05, 0.1) is 0 Å². The molecule has 48 valence electrons. The Balaban J connectivity index is 3.17. The molecule has 0 rings (SSSR count). The second kappa shape index (κ2) is 5.23. The quantitative estimate of drug-likeness (QED) is 0.558. The molecule has 0 spiro atoms. The molecule has 0 bridgehead atoms. The van der Waals surface area contributed by atoms with Crippen LogP contribution in [0.25, 0.3) is 0 Å². The van der Waals surface area contributed by atoms with Crippen LogP contribution in [0.3, 0.4) is 0 Å². The second-order valence-corrected chi connectivity index (χ2v) is 2.41. The molecule has 0 aliphatic rings. The van der Waals surface area contributed by atoms with Gasteiger partial charge in [0.2, 0.25) is 0 Å². The number of allylic oxidation sites excluding steroid dienone is 1. The smallest absolute Gasteiger partial charge is 0.0254 e. The van der Waals surface area contributed by atoms with Crippen molar-refractivity contribution in [1.82, 2.24) is 0 Å². The van der Waals surface area contributed by atoms with Gasteiger partial charge in [-0.2, -0.15) is 12.6 Å². The van der Waals surface area contributed by atoms with Crippen molar-refractivity contribution in [3.8, 4) is 0 Å². The van der Waals surface area contributed by atoms with E-state index in [0.717, 1.165) is 0 Å². The van der Waals surface area contributed by atoms with E-state index in [9.17, 15) is 0 Å². The summed E-state index contributed by atoms with van der Waals surface area (Å²) >= 11 is 3.97. The predicted molar refractivity (Wildman–Crippen MR) is 42.2 cm³/mol. The van der Waals surface area contributed by atoms with Crippen molar-refractivity contribution in [1.29, 1.82) is 0 Å². The van der Waals surface area contributed by atoms with Gasteiger partial charge in [0.15, 0.2) is 0 Å². The molecule has 0 aromatic heterocycles. The third-order valence-electron chi connectivity index (χ3n) is 1.16. The van der Waals surface area contributed by atoms with Crippen LogP contribution in [0.1, 0.15) is 26.7 Å². The molecule has 0 aliphatic heterocycles. The fraction of sp³-hybridized carbons (Fsp3) is 0.714. The minimum Gasteiger partial charge on any atom is -0.152 e. The maximum atomic E-state index is 3.97. The van der Waals surface area contributed by atoms with Crippen LogP contribution in [-0.2, 0) is 0 Å². The maximum absolute atomic E-state index is 3.97. The summed E-state index contributed by atoms with van der Waals surface area (Å²) in [5.41, 5.74) is 0. The Morgan fingerprint density at radius 2 is 2.25 bits per heavy atom. The van der Waals surface area contributed by atoms with Gasteiger partial charge >= 0.3 is 0 Å². The minimum atomic E-state index is 0.706. The molecular weight excluding hydrogens is 116 g/mol. The van der Waals surface area contributed by atoms with E-state index in [1.807, 2.05) is 5.41 Å². The average molecular weight is 130 g/mol. The molecule has 0 aliphatic carbocycles. The molecular formula is C7H14S. The molecule has 1 atom stereocenters. The Labute approximate surface area is 57.4 Å². The topological polar surface area (TPSA) is 0 Å². The van der Waals surface area contributed by atoms with Gasteiger partial charge in [0.1, 0.15) is 0 Å². The SMILES string of the molecule is CCCC(C)/C=C/S. The Kier molecular flexibility index (Phi) is 5.29. The second-order valence-electron chi connectivity index (χ2n) is 2.11. The molecule has 0 saturated carbocycles. The summed E-state index contributed by atoms with van der Waals surface area (Å²) in [5.74, 6) is 0.706. The lowest BCUT2D eigenvalue weighted by Crippen LogP contribution is -1.85. The van der Waals surface area contributed by atoms with E-state index < -0.39 is 0 Å². The van der Waals surface area contributed by atoms with Crippen LogP contribution in [0.15, 0.2) is 11.5 Å². The molecule has 0 heterocycles. The third-order valence-corrected chi connectivity index (χ3v) is 1.33. The predicted octanol–water partition coefficient (Wildman–Crippen LogP) is 2.87. The molecule has 8 heavy (non-hydrogen) atoms. The van der Waals surface area contributed by atoms with Gasteiger partial charge in [0, 0.05) is 0 Å². The number of hydrogen-bond acceptors (Lipinski definition) is 1. The molecule has 0 fully saturated rings. The lowest BCUT2D eigenvalue weighted by Gasteiger charge is -1.99. The van der Waals surface area contributed by atoms with E-state index in [1.54, 1.807) is 0 Å². The van der Waals surface area contributed by atoms with Crippen LogP contribution < -0.4 is 0 Å². The first-order chi connectivity index (χ1) is 3.81. The Morgan fingerprint density at radius 1 is 1.62 bits per heavy atom. The van der Waals surface area contributed by atoms with Crippen molar-refractivity contribution >= 4 is 12.6 Å². The maximum Gasteiger partial charge on any atom is -0.0254 e. The zero-order valence-corrected chi connectivity index (χ0v) is 6.49. The van der Waals surface area contributed by atoms with Crippen LogP contribution in [0.4, 0.5) is 0 Å². The normalized spacial score (nSPS) is 14.9. The lowest BCUT2D eigenvalue weighted by atomic mass is 10.1. The van der Waals surface area contributed by atoms with Crippen LogP contribution in [0, 0.1) is 5.92 Å². The van der Waals surface area contributed by atoms with Crippen molar-refractivity contribution in [3.63, 3.8) is 0 Å². The van der Waals surface area contributed by atoms with E-state index in [2.05, 4.69) is 32.6 Å². The summed E-state index contributed by atoms with van der Waals surface area (Å²) in [5, 5.41) is 1.82. The molecule has 0 nitrogen and oxygen atoms in total. The first-order valence-corrected chi connectivity index (χ1v) is 3.63. The number of thiol groups is 1. The van der Waals surface area contributed by atoms with E-state index in [1.165, 1.54) is 12.8 Å². The first-order valence-electron chi connectivity index (χ1n) is 3.12. The number of rotatable bonds is 3. The van der Waals surface area contributed by atoms with E-state index in [-0.39, 0.29) is 0 Å². The highest BCUT2D eigenvalue weighted by molar-refractivity contribution is 7.83. The molecule has 0 radical (unpaired) electrons. The van der Waals surface area contributed by atoms with Crippen LogP contribution >= 0.6 is 12.6 Å². The van der Waals surface area contributed by atoms with E-state index in [0.29, 0.717) is 5.92 Å². The largest absolute Gasteiger partial charge is 0.152 e. The summed E-state index contributed by atoms with van der Waals surface area (Å²) in [6.07, 6.45) is 4.66. The molecule has 1 heteroatoms. The van der Waals surface area contributed by atoms with Crippen molar-refractivity contribution in [3.05, 3.63) is 11.5 Å². The van der Waals surface area contributed by atoms with Gasteiger partial charge in [-0.1, -0.05) is 26.3 Å². The fourth-order valence-electron chi connectivity index (χ4n) is 0.698. The Bertz CT molecular complexity index is 66.8. The fourth-order valence-corrected chi connectivity index (χ4v) is 0.992. The highest BCUT2D eigenvalue weighted by Crippen LogP contribution is 2.05. The number of hydrogen-bond donors (Lipinski definition) is 1. The average Bonchev–Trinajstić information content (AvgIpc) is 1.68. The third kappa shape index (κ3) is 4.25. The summed E-state index contributed by atoms with van der Waals surface area (Å²) in [4.78, 5) is 0. The zero-order chi connectivity index (χ0) is 6.41. The van der Waals surface area contributed by atoms with Crippen molar-refractivity contribution in [2.24, 2.45) is 5.92 Å². The molecule has 0 saturated heterocycles. The molecule has 1 unspecified atom stereocenters. The highest BCUT2D eigenvalue weighted by Gasteiger charge is 1.90. The molecule has 0 amide bonds. The van der Waals surface area contributed by atoms with Gasteiger partial charge in [-0.15, -0.1) is 0 Å². The van der Waals surface area contributed by atoms with Crippen LogP contribution in [0.5, 0.6) is 0 Å². The van der Waals surface area contributed by atoms with E-state index >= 15 is 0 Å². The van der Waals surface area contributed by atoms with Crippen molar-refractivity contribution in [2.75, 3.05) is 0 Å². The Hall–Kier alpha value is 0.0900. The highest BCUT2D eigenvalue weighted by atomic mass is 32.1. The summed E-state index contributed by atoms with van der Waals surface area (Å²) < 4.78 is 0. The van der Waals surface area contributed by atoms with Gasteiger partial charge in [0.25, 0.3) is 0 Å². The van der Waals surface area contributed by atoms with Crippen molar-refractivity contribution < 1.29 is 0 Å². The van der Waals surface area contributed by atoms with Gasteiger partial charge < -0.3 is 0 Å². The van der Waals surface area contributed by atoms with Gasteiger partial charge in [-0.3, -0.25) is 0 Å².